The van der Waals surface area contributed by atoms with E-state index in [0.29, 0.717) is 11.7 Å². The smallest absolute Gasteiger partial charge is 0.165 e. The average molecular weight is 286 g/mol. The molecule has 1 aliphatic carbocycles. The van der Waals surface area contributed by atoms with Crippen LogP contribution in [0.5, 0.6) is 0 Å². The molecule has 1 nitrogen and oxygen atoms in total. The highest BCUT2D eigenvalue weighted by Gasteiger charge is 2.28. The van der Waals surface area contributed by atoms with Gasteiger partial charge in [-0.3, -0.25) is 4.79 Å². The third-order valence-electron chi connectivity index (χ3n) is 4.94. The first-order chi connectivity index (χ1) is 9.97. The molecule has 2 rings (SSSR count). The highest BCUT2D eigenvalue weighted by Crippen LogP contribution is 2.34. The summed E-state index contributed by atoms with van der Waals surface area (Å²) in [6, 6.07) is 8.31. The molecule has 0 N–H and O–H groups in total. The van der Waals surface area contributed by atoms with Gasteiger partial charge in [0, 0.05) is 11.5 Å². The van der Waals surface area contributed by atoms with Crippen LogP contribution >= 0.6 is 0 Å². The second-order valence-electron chi connectivity index (χ2n) is 7.52. The first-order valence-electron chi connectivity index (χ1n) is 8.60. The maximum absolute atomic E-state index is 12.7. The number of carbonyl (C=O) groups is 1. The Morgan fingerprint density at radius 2 is 1.76 bits per heavy atom. The number of Topliss-reactive ketones (excluding diaryl/α,β-unsaturated/α-hetero) is 1. The molecule has 0 aromatic heterocycles. The molecule has 0 saturated heterocycles. The van der Waals surface area contributed by atoms with Gasteiger partial charge in [-0.15, -0.1) is 0 Å². The molecule has 1 aromatic rings. The number of ketones is 1. The molecule has 0 amide bonds. The summed E-state index contributed by atoms with van der Waals surface area (Å²) in [5.74, 6) is 2.85. The molecule has 0 aliphatic heterocycles. The van der Waals surface area contributed by atoms with Crippen molar-refractivity contribution in [2.75, 3.05) is 0 Å². The first kappa shape index (κ1) is 16.3. The van der Waals surface area contributed by atoms with Crippen LogP contribution in [0.3, 0.4) is 0 Å². The second kappa shape index (κ2) is 7.24. The number of benzene rings is 1. The fraction of sp³-hybridized carbons (Fsp3) is 0.650. The summed E-state index contributed by atoms with van der Waals surface area (Å²) in [5.41, 5.74) is 2.23. The highest BCUT2D eigenvalue weighted by molar-refractivity contribution is 5.98. The van der Waals surface area contributed by atoms with Gasteiger partial charge in [0.25, 0.3) is 0 Å². The minimum atomic E-state index is 0.259. The molecular weight excluding hydrogens is 256 g/mol. The Morgan fingerprint density at radius 3 is 2.33 bits per heavy atom. The Balaban J connectivity index is 2.00. The average Bonchev–Trinajstić information content (AvgIpc) is 2.46. The summed E-state index contributed by atoms with van der Waals surface area (Å²) in [5, 5.41) is 0. The van der Waals surface area contributed by atoms with Crippen molar-refractivity contribution in [3.05, 3.63) is 35.4 Å². The Bertz CT molecular complexity index is 464. The maximum atomic E-state index is 12.7. The topological polar surface area (TPSA) is 17.1 Å². The van der Waals surface area contributed by atoms with Crippen LogP contribution in [-0.4, -0.2) is 5.78 Å². The van der Waals surface area contributed by atoms with Crippen LogP contribution in [0, 0.1) is 23.7 Å². The fourth-order valence-electron chi connectivity index (χ4n) is 3.61. The van der Waals surface area contributed by atoms with E-state index in [9.17, 15) is 4.79 Å². The van der Waals surface area contributed by atoms with Crippen LogP contribution in [0.4, 0.5) is 0 Å². The minimum absolute atomic E-state index is 0.259. The van der Waals surface area contributed by atoms with E-state index in [1.54, 1.807) is 0 Å². The summed E-state index contributed by atoms with van der Waals surface area (Å²) in [4.78, 5) is 12.7. The van der Waals surface area contributed by atoms with E-state index >= 15 is 0 Å². The van der Waals surface area contributed by atoms with E-state index in [1.807, 2.05) is 12.1 Å². The van der Waals surface area contributed by atoms with Gasteiger partial charge in [0.15, 0.2) is 5.78 Å². The third-order valence-corrected chi connectivity index (χ3v) is 4.94. The molecule has 1 heteroatoms. The molecule has 1 aromatic carbocycles. The van der Waals surface area contributed by atoms with Crippen LogP contribution in [0.15, 0.2) is 24.3 Å². The molecule has 116 valence electrons. The van der Waals surface area contributed by atoms with E-state index in [2.05, 4.69) is 39.8 Å². The van der Waals surface area contributed by atoms with Crippen molar-refractivity contribution in [1.82, 2.24) is 0 Å². The molecule has 0 atom stereocenters. The van der Waals surface area contributed by atoms with Crippen molar-refractivity contribution >= 4 is 5.78 Å². The zero-order valence-electron chi connectivity index (χ0n) is 14.1. The summed E-state index contributed by atoms with van der Waals surface area (Å²) in [6.45, 7) is 9.06. The molecular formula is C20H30O. The van der Waals surface area contributed by atoms with Gasteiger partial charge in [0.2, 0.25) is 0 Å². The van der Waals surface area contributed by atoms with Gasteiger partial charge in [0.1, 0.15) is 0 Å². The quantitative estimate of drug-likeness (QED) is 0.650. The van der Waals surface area contributed by atoms with Crippen molar-refractivity contribution in [3.8, 4) is 0 Å². The van der Waals surface area contributed by atoms with Gasteiger partial charge in [-0.2, -0.15) is 0 Å². The summed E-state index contributed by atoms with van der Waals surface area (Å²) in [6.07, 6.45) is 5.66. The van der Waals surface area contributed by atoms with E-state index in [-0.39, 0.29) is 5.92 Å². The van der Waals surface area contributed by atoms with Crippen molar-refractivity contribution in [2.45, 2.75) is 59.8 Å². The third kappa shape index (κ3) is 4.43. The highest BCUT2D eigenvalue weighted by atomic mass is 16.1. The van der Waals surface area contributed by atoms with Crippen molar-refractivity contribution in [1.29, 1.82) is 0 Å². The van der Waals surface area contributed by atoms with Crippen molar-refractivity contribution in [3.63, 3.8) is 0 Å². The van der Waals surface area contributed by atoms with Gasteiger partial charge in [-0.05, 0) is 61.5 Å². The summed E-state index contributed by atoms with van der Waals surface area (Å²) >= 11 is 0. The van der Waals surface area contributed by atoms with Crippen molar-refractivity contribution < 1.29 is 4.79 Å². The predicted octanol–water partition coefficient (Wildman–Crippen LogP) is 5.53. The lowest BCUT2D eigenvalue weighted by atomic mass is 9.74. The number of carbonyl (C=O) groups excluding carboxylic acids is 1. The molecule has 0 bridgehead atoms. The Morgan fingerprint density at radius 1 is 1.10 bits per heavy atom. The van der Waals surface area contributed by atoms with Crippen LogP contribution in [-0.2, 0) is 6.42 Å². The fourth-order valence-corrected chi connectivity index (χ4v) is 3.61. The number of hydrogen-bond acceptors (Lipinski definition) is 1. The maximum Gasteiger partial charge on any atom is 0.165 e. The molecule has 1 fully saturated rings. The van der Waals surface area contributed by atoms with Crippen LogP contribution in [0.25, 0.3) is 0 Å². The second-order valence-corrected chi connectivity index (χ2v) is 7.52. The van der Waals surface area contributed by atoms with Gasteiger partial charge >= 0.3 is 0 Å². The lowest BCUT2D eigenvalue weighted by Gasteiger charge is -2.30. The van der Waals surface area contributed by atoms with Crippen LogP contribution < -0.4 is 0 Å². The SMILES string of the molecule is CC(C)Cc1cccc(C(=O)C2CCC(C(C)C)CC2)c1. The lowest BCUT2D eigenvalue weighted by molar-refractivity contribution is 0.0859. The van der Waals surface area contributed by atoms with Gasteiger partial charge < -0.3 is 0 Å². The monoisotopic (exact) mass is 286 g/mol. The van der Waals surface area contributed by atoms with Crippen molar-refractivity contribution in [2.24, 2.45) is 23.7 Å². The Labute approximate surface area is 130 Å². The van der Waals surface area contributed by atoms with E-state index in [4.69, 9.17) is 0 Å². The molecule has 0 unspecified atom stereocenters. The molecule has 1 aliphatic rings. The Hall–Kier alpha value is -1.11. The predicted molar refractivity (Wildman–Crippen MR) is 89.6 cm³/mol. The van der Waals surface area contributed by atoms with E-state index < -0.39 is 0 Å². The lowest BCUT2D eigenvalue weighted by Crippen LogP contribution is -2.24. The zero-order valence-corrected chi connectivity index (χ0v) is 14.1. The van der Waals surface area contributed by atoms with Gasteiger partial charge in [-0.25, -0.2) is 0 Å². The zero-order chi connectivity index (χ0) is 15.4. The largest absolute Gasteiger partial charge is 0.294 e. The summed E-state index contributed by atoms with van der Waals surface area (Å²) in [7, 11) is 0. The van der Waals surface area contributed by atoms with E-state index in [0.717, 1.165) is 36.7 Å². The number of rotatable bonds is 5. The molecule has 0 radical (unpaired) electrons. The van der Waals surface area contributed by atoms with Crippen LogP contribution in [0.2, 0.25) is 0 Å². The van der Waals surface area contributed by atoms with Gasteiger partial charge in [-0.1, -0.05) is 45.9 Å². The first-order valence-corrected chi connectivity index (χ1v) is 8.60. The van der Waals surface area contributed by atoms with E-state index in [1.165, 1.54) is 18.4 Å². The number of hydrogen-bond donors (Lipinski definition) is 0. The van der Waals surface area contributed by atoms with Gasteiger partial charge in [0.05, 0.1) is 0 Å². The molecule has 0 heterocycles. The molecule has 21 heavy (non-hydrogen) atoms. The van der Waals surface area contributed by atoms with Crippen LogP contribution in [0.1, 0.15) is 69.3 Å². The molecule has 0 spiro atoms. The standard InChI is InChI=1S/C20H30O/c1-14(2)12-16-6-5-7-19(13-16)20(21)18-10-8-17(9-11-18)15(3)4/h5-7,13-15,17-18H,8-12H2,1-4H3. The summed E-state index contributed by atoms with van der Waals surface area (Å²) < 4.78 is 0. The minimum Gasteiger partial charge on any atom is -0.294 e. The Kier molecular flexibility index (Phi) is 5.61. The normalized spacial score (nSPS) is 22.8. The molecule has 1 saturated carbocycles.